The van der Waals surface area contributed by atoms with Gasteiger partial charge in [-0.2, -0.15) is 0 Å². The van der Waals surface area contributed by atoms with Crippen molar-refractivity contribution < 1.29 is 4.79 Å². The molecule has 2 aromatic rings. The summed E-state index contributed by atoms with van der Waals surface area (Å²) in [5, 5.41) is 6.09. The zero-order valence-corrected chi connectivity index (χ0v) is 13.0. The molecule has 0 aliphatic rings. The number of anilines is 2. The fourth-order valence-corrected chi connectivity index (χ4v) is 2.40. The van der Waals surface area contributed by atoms with E-state index in [-0.39, 0.29) is 5.91 Å². The summed E-state index contributed by atoms with van der Waals surface area (Å²) in [6.45, 7) is 2.93. The molecular formula is C16H19N3OS. The molecule has 0 saturated heterocycles. The largest absolute Gasteiger partial charge is 0.370 e. The molecule has 2 N–H and O–H groups in total. The molecule has 0 unspecified atom stereocenters. The second kappa shape index (κ2) is 7.69. The highest BCUT2D eigenvalue weighted by Crippen LogP contribution is 2.24. The average molecular weight is 301 g/mol. The lowest BCUT2D eigenvalue weighted by Gasteiger charge is -2.10. The second-order valence-electron chi connectivity index (χ2n) is 4.49. The Balaban J connectivity index is 2.13. The lowest BCUT2D eigenvalue weighted by atomic mass is 10.3. The standard InChI is InChI=1S/C16H19N3OS/c1-3-11-17-15-10-6-8-13(18-15)16(20)19-12-7-4-5-9-14(12)21-2/h4-10H,3,11H2,1-2H3,(H,17,18)(H,19,20). The predicted octanol–water partition coefficient (Wildman–Crippen LogP) is 3.88. The molecule has 2 rings (SSSR count). The van der Waals surface area contributed by atoms with E-state index in [0.29, 0.717) is 5.69 Å². The van der Waals surface area contributed by atoms with Crippen molar-refractivity contribution in [2.75, 3.05) is 23.4 Å². The van der Waals surface area contributed by atoms with Gasteiger partial charge in [0, 0.05) is 11.4 Å². The minimum absolute atomic E-state index is 0.198. The van der Waals surface area contributed by atoms with Crippen molar-refractivity contribution in [1.29, 1.82) is 0 Å². The third-order valence-electron chi connectivity index (χ3n) is 2.89. The fourth-order valence-electron chi connectivity index (χ4n) is 1.85. The van der Waals surface area contributed by atoms with E-state index in [1.807, 2.05) is 42.7 Å². The zero-order valence-electron chi connectivity index (χ0n) is 12.2. The van der Waals surface area contributed by atoms with Crippen LogP contribution >= 0.6 is 11.8 Å². The Kier molecular flexibility index (Phi) is 5.63. The van der Waals surface area contributed by atoms with Crippen LogP contribution in [-0.2, 0) is 0 Å². The summed E-state index contributed by atoms with van der Waals surface area (Å²) in [5.74, 6) is 0.527. The van der Waals surface area contributed by atoms with Crippen molar-refractivity contribution in [3.05, 3.63) is 48.2 Å². The van der Waals surface area contributed by atoms with Crippen molar-refractivity contribution in [3.8, 4) is 0 Å². The molecule has 4 nitrogen and oxygen atoms in total. The average Bonchev–Trinajstić information content (AvgIpc) is 2.53. The quantitative estimate of drug-likeness (QED) is 0.795. The summed E-state index contributed by atoms with van der Waals surface area (Å²) in [5.41, 5.74) is 1.22. The second-order valence-corrected chi connectivity index (χ2v) is 5.34. The number of hydrogen-bond acceptors (Lipinski definition) is 4. The fraction of sp³-hybridized carbons (Fsp3) is 0.250. The number of thioether (sulfide) groups is 1. The van der Waals surface area contributed by atoms with Crippen molar-refractivity contribution in [2.24, 2.45) is 0 Å². The maximum absolute atomic E-state index is 12.3. The number of benzene rings is 1. The van der Waals surface area contributed by atoms with Gasteiger partial charge in [0.1, 0.15) is 11.5 Å². The van der Waals surface area contributed by atoms with Crippen molar-refractivity contribution in [2.45, 2.75) is 18.2 Å². The third-order valence-corrected chi connectivity index (χ3v) is 3.69. The van der Waals surface area contributed by atoms with Crippen LogP contribution in [0.5, 0.6) is 0 Å². The molecular weight excluding hydrogens is 282 g/mol. The summed E-state index contributed by atoms with van der Waals surface area (Å²) in [7, 11) is 0. The van der Waals surface area contributed by atoms with Crippen LogP contribution < -0.4 is 10.6 Å². The van der Waals surface area contributed by atoms with Crippen LogP contribution in [0.2, 0.25) is 0 Å². The molecule has 0 radical (unpaired) electrons. The topological polar surface area (TPSA) is 54.0 Å². The predicted molar refractivity (Wildman–Crippen MR) is 89.2 cm³/mol. The van der Waals surface area contributed by atoms with E-state index in [9.17, 15) is 4.79 Å². The van der Waals surface area contributed by atoms with Crippen molar-refractivity contribution in [3.63, 3.8) is 0 Å². The SMILES string of the molecule is CCCNc1cccc(C(=O)Nc2ccccc2SC)n1. The molecule has 0 aliphatic carbocycles. The van der Waals surface area contributed by atoms with Gasteiger partial charge in [-0.3, -0.25) is 4.79 Å². The Morgan fingerprint density at radius 1 is 1.19 bits per heavy atom. The van der Waals surface area contributed by atoms with Gasteiger partial charge in [-0.1, -0.05) is 25.1 Å². The molecule has 0 bridgehead atoms. The van der Waals surface area contributed by atoms with E-state index < -0.39 is 0 Å². The number of carbonyl (C=O) groups is 1. The molecule has 1 aromatic heterocycles. The molecule has 5 heteroatoms. The number of carbonyl (C=O) groups excluding carboxylic acids is 1. The molecule has 0 atom stereocenters. The zero-order chi connectivity index (χ0) is 15.1. The molecule has 0 spiro atoms. The van der Waals surface area contributed by atoms with Crippen LogP contribution in [0.3, 0.4) is 0 Å². The summed E-state index contributed by atoms with van der Waals surface area (Å²) in [4.78, 5) is 17.7. The molecule has 0 aliphatic heterocycles. The minimum atomic E-state index is -0.198. The van der Waals surface area contributed by atoms with Gasteiger partial charge in [0.2, 0.25) is 0 Å². The monoisotopic (exact) mass is 301 g/mol. The summed E-state index contributed by atoms with van der Waals surface area (Å²) in [6, 6.07) is 13.1. The number of nitrogens with zero attached hydrogens (tertiary/aromatic N) is 1. The van der Waals surface area contributed by atoms with Crippen LogP contribution in [0.1, 0.15) is 23.8 Å². The summed E-state index contributed by atoms with van der Waals surface area (Å²) >= 11 is 1.60. The molecule has 110 valence electrons. The highest BCUT2D eigenvalue weighted by molar-refractivity contribution is 7.98. The first-order valence-electron chi connectivity index (χ1n) is 6.90. The van der Waals surface area contributed by atoms with Crippen molar-refractivity contribution >= 4 is 29.2 Å². The molecule has 0 saturated carbocycles. The number of nitrogens with one attached hydrogen (secondary N) is 2. The van der Waals surface area contributed by atoms with Gasteiger partial charge in [-0.15, -0.1) is 11.8 Å². The third kappa shape index (κ3) is 4.23. The number of rotatable bonds is 6. The number of aromatic nitrogens is 1. The van der Waals surface area contributed by atoms with E-state index in [1.54, 1.807) is 17.8 Å². The Morgan fingerprint density at radius 3 is 2.76 bits per heavy atom. The highest BCUT2D eigenvalue weighted by Gasteiger charge is 2.10. The van der Waals surface area contributed by atoms with E-state index >= 15 is 0 Å². The van der Waals surface area contributed by atoms with Gasteiger partial charge in [0.15, 0.2) is 0 Å². The molecule has 0 fully saturated rings. The first kappa shape index (κ1) is 15.4. The lowest BCUT2D eigenvalue weighted by molar-refractivity contribution is 0.102. The van der Waals surface area contributed by atoms with Gasteiger partial charge in [-0.25, -0.2) is 4.98 Å². The number of amides is 1. The Labute approximate surface area is 129 Å². The molecule has 1 amide bonds. The van der Waals surface area contributed by atoms with E-state index in [0.717, 1.165) is 29.4 Å². The van der Waals surface area contributed by atoms with Gasteiger partial charge in [-0.05, 0) is 36.9 Å². The normalized spacial score (nSPS) is 10.2. The minimum Gasteiger partial charge on any atom is -0.370 e. The number of pyridine rings is 1. The van der Waals surface area contributed by atoms with Gasteiger partial charge < -0.3 is 10.6 Å². The Bertz CT molecular complexity index is 616. The maximum atomic E-state index is 12.3. The van der Waals surface area contributed by atoms with E-state index in [4.69, 9.17) is 0 Å². The van der Waals surface area contributed by atoms with Gasteiger partial charge in [0.25, 0.3) is 5.91 Å². The van der Waals surface area contributed by atoms with Crippen molar-refractivity contribution in [1.82, 2.24) is 4.98 Å². The lowest BCUT2D eigenvalue weighted by Crippen LogP contribution is -2.15. The van der Waals surface area contributed by atoms with Gasteiger partial charge >= 0.3 is 0 Å². The molecule has 1 aromatic carbocycles. The number of hydrogen-bond donors (Lipinski definition) is 2. The maximum Gasteiger partial charge on any atom is 0.274 e. The summed E-state index contributed by atoms with van der Waals surface area (Å²) < 4.78 is 0. The van der Waals surface area contributed by atoms with Crippen LogP contribution in [0.25, 0.3) is 0 Å². The Morgan fingerprint density at radius 2 is 2.00 bits per heavy atom. The van der Waals surface area contributed by atoms with Gasteiger partial charge in [0.05, 0.1) is 5.69 Å². The van der Waals surface area contributed by atoms with Crippen LogP contribution in [0, 0.1) is 0 Å². The Hall–Kier alpha value is -2.01. The first-order chi connectivity index (χ1) is 10.2. The molecule has 1 heterocycles. The van der Waals surface area contributed by atoms with E-state index in [2.05, 4.69) is 22.5 Å². The van der Waals surface area contributed by atoms with Crippen LogP contribution in [-0.4, -0.2) is 23.7 Å². The summed E-state index contributed by atoms with van der Waals surface area (Å²) in [6.07, 6.45) is 3.00. The van der Waals surface area contributed by atoms with Crippen LogP contribution in [0.15, 0.2) is 47.4 Å². The first-order valence-corrected chi connectivity index (χ1v) is 8.12. The van der Waals surface area contributed by atoms with E-state index in [1.165, 1.54) is 0 Å². The smallest absolute Gasteiger partial charge is 0.274 e. The van der Waals surface area contributed by atoms with Crippen LogP contribution in [0.4, 0.5) is 11.5 Å². The molecule has 21 heavy (non-hydrogen) atoms. The number of para-hydroxylation sites is 1. The highest BCUT2D eigenvalue weighted by atomic mass is 32.2.